The summed E-state index contributed by atoms with van der Waals surface area (Å²) in [6.07, 6.45) is 6.50. The van der Waals surface area contributed by atoms with Crippen molar-refractivity contribution in [3.05, 3.63) is 42.4 Å². The number of ether oxygens (including phenoxy) is 1. The van der Waals surface area contributed by atoms with E-state index in [4.69, 9.17) is 4.74 Å². The second kappa shape index (κ2) is 9.50. The summed E-state index contributed by atoms with van der Waals surface area (Å²) < 4.78 is 5.50. The highest BCUT2D eigenvalue weighted by Gasteiger charge is 2.11. The number of rotatable bonds is 9. The van der Waals surface area contributed by atoms with Crippen LogP contribution in [0.3, 0.4) is 0 Å². The summed E-state index contributed by atoms with van der Waals surface area (Å²) in [6.45, 7) is 5.45. The van der Waals surface area contributed by atoms with E-state index in [-0.39, 0.29) is 11.6 Å². The molecule has 6 heteroatoms. The van der Waals surface area contributed by atoms with Gasteiger partial charge in [0, 0.05) is 6.54 Å². The quantitative estimate of drug-likeness (QED) is 0.686. The minimum absolute atomic E-state index is 0.264. The van der Waals surface area contributed by atoms with Gasteiger partial charge in [0.1, 0.15) is 17.3 Å². The summed E-state index contributed by atoms with van der Waals surface area (Å²) in [6, 6.07) is 7.31. The second-order valence-corrected chi connectivity index (χ2v) is 5.30. The molecule has 2 N–H and O–H groups in total. The molecule has 0 radical (unpaired) electrons. The van der Waals surface area contributed by atoms with E-state index in [0.29, 0.717) is 23.9 Å². The lowest BCUT2D eigenvalue weighted by Gasteiger charge is -2.11. The van der Waals surface area contributed by atoms with E-state index in [1.54, 1.807) is 12.3 Å². The van der Waals surface area contributed by atoms with E-state index in [1.807, 2.05) is 25.1 Å². The molecule has 0 spiro atoms. The summed E-state index contributed by atoms with van der Waals surface area (Å²) in [5.74, 6) is 1.00. The second-order valence-electron chi connectivity index (χ2n) is 5.30. The number of benzene rings is 1. The Morgan fingerprint density at radius 2 is 1.96 bits per heavy atom. The lowest BCUT2D eigenvalue weighted by Crippen LogP contribution is -2.15. The predicted octanol–water partition coefficient (Wildman–Crippen LogP) is 3.73. The number of unbranched alkanes of at least 4 members (excludes halogenated alkanes) is 2. The fourth-order valence-electron chi connectivity index (χ4n) is 2.17. The van der Waals surface area contributed by atoms with Crippen molar-refractivity contribution in [1.82, 2.24) is 9.97 Å². The molecule has 0 fully saturated rings. The van der Waals surface area contributed by atoms with Crippen LogP contribution in [-0.2, 0) is 0 Å². The molecule has 0 aliphatic rings. The zero-order valence-electron chi connectivity index (χ0n) is 14.2. The highest BCUT2D eigenvalue weighted by molar-refractivity contribution is 6.03. The smallest absolute Gasteiger partial charge is 0.275 e. The summed E-state index contributed by atoms with van der Waals surface area (Å²) in [4.78, 5) is 20.7. The van der Waals surface area contributed by atoms with E-state index in [1.165, 1.54) is 19.0 Å². The Balaban J connectivity index is 1.95. The van der Waals surface area contributed by atoms with Crippen LogP contribution >= 0.6 is 0 Å². The van der Waals surface area contributed by atoms with E-state index in [9.17, 15) is 4.79 Å². The number of amides is 1. The zero-order valence-corrected chi connectivity index (χ0v) is 14.2. The summed E-state index contributed by atoms with van der Waals surface area (Å²) in [5, 5.41) is 6.00. The van der Waals surface area contributed by atoms with Gasteiger partial charge in [-0.3, -0.25) is 4.79 Å². The molecule has 6 nitrogen and oxygen atoms in total. The average molecular weight is 328 g/mol. The first-order valence-electron chi connectivity index (χ1n) is 8.33. The van der Waals surface area contributed by atoms with Crippen LogP contribution in [-0.4, -0.2) is 29.0 Å². The minimum atomic E-state index is -0.313. The number of hydrogen-bond donors (Lipinski definition) is 2. The number of nitrogens with zero attached hydrogens (tertiary/aromatic N) is 2. The normalized spacial score (nSPS) is 10.2. The number of nitrogens with one attached hydrogen (secondary N) is 2. The van der Waals surface area contributed by atoms with Crippen molar-refractivity contribution in [3.63, 3.8) is 0 Å². The first-order valence-corrected chi connectivity index (χ1v) is 8.33. The molecule has 1 heterocycles. The molecule has 0 aliphatic heterocycles. The maximum Gasteiger partial charge on any atom is 0.275 e. The first kappa shape index (κ1) is 17.7. The van der Waals surface area contributed by atoms with E-state index in [2.05, 4.69) is 27.5 Å². The molecule has 0 saturated carbocycles. The van der Waals surface area contributed by atoms with Crippen molar-refractivity contribution < 1.29 is 9.53 Å². The highest BCUT2D eigenvalue weighted by Crippen LogP contribution is 2.24. The molecular formula is C18H24N4O2. The maximum atomic E-state index is 12.3. The number of carbonyl (C=O) groups excluding carboxylic acids is 1. The van der Waals surface area contributed by atoms with Gasteiger partial charge in [0.05, 0.1) is 24.7 Å². The summed E-state index contributed by atoms with van der Waals surface area (Å²) in [7, 11) is 0. The number of hydrogen-bond acceptors (Lipinski definition) is 5. The SMILES string of the molecule is CCCCCNc1cnc(C(=O)Nc2ccccc2OCC)cn1. The van der Waals surface area contributed by atoms with E-state index >= 15 is 0 Å². The summed E-state index contributed by atoms with van der Waals surface area (Å²) >= 11 is 0. The summed E-state index contributed by atoms with van der Waals surface area (Å²) in [5.41, 5.74) is 0.883. The largest absolute Gasteiger partial charge is 0.492 e. The Morgan fingerprint density at radius 1 is 1.12 bits per heavy atom. The molecule has 1 amide bonds. The zero-order chi connectivity index (χ0) is 17.2. The molecule has 0 saturated heterocycles. The molecule has 2 rings (SSSR count). The van der Waals surface area contributed by atoms with Crippen molar-refractivity contribution in [2.45, 2.75) is 33.1 Å². The third-order valence-corrected chi connectivity index (χ3v) is 3.41. The number of para-hydroxylation sites is 2. The lowest BCUT2D eigenvalue weighted by atomic mass is 10.2. The fraction of sp³-hybridized carbons (Fsp3) is 0.389. The van der Waals surface area contributed by atoms with Gasteiger partial charge in [-0.05, 0) is 25.5 Å². The van der Waals surface area contributed by atoms with Crippen LogP contribution in [0.1, 0.15) is 43.6 Å². The monoisotopic (exact) mass is 328 g/mol. The molecular weight excluding hydrogens is 304 g/mol. The van der Waals surface area contributed by atoms with Gasteiger partial charge in [0.15, 0.2) is 0 Å². The van der Waals surface area contributed by atoms with Crippen molar-refractivity contribution in [2.75, 3.05) is 23.8 Å². The number of aromatic nitrogens is 2. The van der Waals surface area contributed by atoms with Crippen LogP contribution < -0.4 is 15.4 Å². The van der Waals surface area contributed by atoms with Gasteiger partial charge in [-0.1, -0.05) is 31.9 Å². The molecule has 0 aliphatic carbocycles. The van der Waals surface area contributed by atoms with Crippen molar-refractivity contribution >= 4 is 17.4 Å². The Labute approximate surface area is 142 Å². The van der Waals surface area contributed by atoms with E-state index in [0.717, 1.165) is 13.0 Å². The van der Waals surface area contributed by atoms with Crippen LogP contribution in [0.2, 0.25) is 0 Å². The van der Waals surface area contributed by atoms with Crippen molar-refractivity contribution in [2.24, 2.45) is 0 Å². The van der Waals surface area contributed by atoms with Crippen LogP contribution in [0.25, 0.3) is 0 Å². The Hall–Kier alpha value is -2.63. The third-order valence-electron chi connectivity index (χ3n) is 3.41. The van der Waals surface area contributed by atoms with E-state index < -0.39 is 0 Å². The van der Waals surface area contributed by atoms with Gasteiger partial charge in [0.2, 0.25) is 0 Å². The van der Waals surface area contributed by atoms with Crippen molar-refractivity contribution in [3.8, 4) is 5.75 Å². The molecule has 1 aromatic heterocycles. The van der Waals surface area contributed by atoms with Gasteiger partial charge in [-0.25, -0.2) is 9.97 Å². The van der Waals surface area contributed by atoms with Gasteiger partial charge >= 0.3 is 0 Å². The Kier molecular flexibility index (Phi) is 7.01. The molecule has 0 unspecified atom stereocenters. The van der Waals surface area contributed by atoms with Crippen LogP contribution in [0.4, 0.5) is 11.5 Å². The minimum Gasteiger partial charge on any atom is -0.492 e. The third kappa shape index (κ3) is 5.22. The van der Waals surface area contributed by atoms with Crippen LogP contribution in [0.5, 0.6) is 5.75 Å². The van der Waals surface area contributed by atoms with Gasteiger partial charge in [0.25, 0.3) is 5.91 Å². The number of anilines is 2. The maximum absolute atomic E-state index is 12.3. The van der Waals surface area contributed by atoms with Crippen LogP contribution in [0, 0.1) is 0 Å². The average Bonchev–Trinajstić information content (AvgIpc) is 2.61. The van der Waals surface area contributed by atoms with Crippen LogP contribution in [0.15, 0.2) is 36.7 Å². The molecule has 24 heavy (non-hydrogen) atoms. The highest BCUT2D eigenvalue weighted by atomic mass is 16.5. The van der Waals surface area contributed by atoms with Crippen molar-refractivity contribution in [1.29, 1.82) is 0 Å². The first-order chi connectivity index (χ1) is 11.7. The Bertz CT molecular complexity index is 644. The van der Waals surface area contributed by atoms with Gasteiger partial charge < -0.3 is 15.4 Å². The molecule has 1 aromatic carbocycles. The molecule has 0 atom stereocenters. The lowest BCUT2D eigenvalue weighted by molar-refractivity contribution is 0.102. The molecule has 128 valence electrons. The molecule has 2 aromatic rings. The topological polar surface area (TPSA) is 76.1 Å². The Morgan fingerprint density at radius 3 is 2.67 bits per heavy atom. The predicted molar refractivity (Wildman–Crippen MR) is 95.6 cm³/mol. The number of carbonyl (C=O) groups is 1. The fourth-order valence-corrected chi connectivity index (χ4v) is 2.17. The standard InChI is InChI=1S/C18H24N4O2/c1-3-5-8-11-19-17-13-20-15(12-21-17)18(23)22-14-9-6-7-10-16(14)24-4-2/h6-7,9-10,12-13H,3-5,8,11H2,1-2H3,(H,19,21)(H,22,23). The van der Waals surface area contributed by atoms with Gasteiger partial charge in [-0.2, -0.15) is 0 Å². The molecule has 0 bridgehead atoms. The van der Waals surface area contributed by atoms with Gasteiger partial charge in [-0.15, -0.1) is 0 Å².